The fourth-order valence-electron chi connectivity index (χ4n) is 2.31. The van der Waals surface area contributed by atoms with E-state index in [1.165, 1.54) is 12.1 Å². The molecule has 2 rings (SSSR count). The van der Waals surface area contributed by atoms with Crippen LogP contribution in [0, 0.1) is 5.82 Å². The van der Waals surface area contributed by atoms with Gasteiger partial charge in [-0.1, -0.05) is 0 Å². The smallest absolute Gasteiger partial charge is 0.260 e. The zero-order chi connectivity index (χ0) is 15.2. The number of benzene rings is 1. The predicted molar refractivity (Wildman–Crippen MR) is 78.7 cm³/mol. The van der Waals surface area contributed by atoms with Gasteiger partial charge in [-0.25, -0.2) is 4.39 Å². The first kappa shape index (κ1) is 15.7. The van der Waals surface area contributed by atoms with Crippen LogP contribution in [0.4, 0.5) is 4.39 Å². The molecule has 0 aliphatic carbocycles. The number of carbonyl (C=O) groups is 1. The van der Waals surface area contributed by atoms with Crippen LogP contribution in [0.1, 0.15) is 5.56 Å². The topological polar surface area (TPSA) is 58.8 Å². The molecule has 1 saturated heterocycles. The third kappa shape index (κ3) is 4.68. The number of nitrogens with zero attached hydrogens (tertiary/aromatic N) is 2. The summed E-state index contributed by atoms with van der Waals surface area (Å²) >= 11 is 0. The molecule has 1 aromatic carbocycles. The molecule has 0 aromatic heterocycles. The Hall–Kier alpha value is -1.66. The minimum atomic E-state index is -0.372. The maximum absolute atomic E-state index is 13.5. The van der Waals surface area contributed by atoms with E-state index in [-0.39, 0.29) is 18.3 Å². The summed E-state index contributed by atoms with van der Waals surface area (Å²) in [7, 11) is 2.03. The third-order valence-electron chi connectivity index (χ3n) is 3.58. The Bertz CT molecular complexity index is 488. The van der Waals surface area contributed by atoms with E-state index >= 15 is 0 Å². The first-order valence-electron chi connectivity index (χ1n) is 7.17. The van der Waals surface area contributed by atoms with Crippen molar-refractivity contribution in [2.24, 2.45) is 5.73 Å². The van der Waals surface area contributed by atoms with Gasteiger partial charge in [0.25, 0.3) is 5.91 Å². The van der Waals surface area contributed by atoms with Crippen LogP contribution in [0.2, 0.25) is 0 Å². The number of carbonyl (C=O) groups excluding carboxylic acids is 1. The van der Waals surface area contributed by atoms with E-state index in [9.17, 15) is 9.18 Å². The van der Waals surface area contributed by atoms with Crippen molar-refractivity contribution < 1.29 is 13.9 Å². The van der Waals surface area contributed by atoms with Gasteiger partial charge >= 0.3 is 0 Å². The first-order valence-corrected chi connectivity index (χ1v) is 7.17. The zero-order valence-electron chi connectivity index (χ0n) is 12.3. The van der Waals surface area contributed by atoms with Gasteiger partial charge in [-0.2, -0.15) is 0 Å². The number of hydrogen-bond acceptors (Lipinski definition) is 4. The molecule has 1 aliphatic rings. The fourth-order valence-corrected chi connectivity index (χ4v) is 2.31. The number of ether oxygens (including phenoxy) is 1. The predicted octanol–water partition coefficient (Wildman–Crippen LogP) is 0.480. The summed E-state index contributed by atoms with van der Waals surface area (Å²) in [5.74, 6) is -0.0586. The van der Waals surface area contributed by atoms with E-state index in [0.717, 1.165) is 18.7 Å². The molecule has 5 nitrogen and oxygen atoms in total. The molecule has 1 aromatic rings. The van der Waals surface area contributed by atoms with Gasteiger partial charge in [0.05, 0.1) is 0 Å². The van der Waals surface area contributed by atoms with Crippen LogP contribution in [0.5, 0.6) is 5.75 Å². The Morgan fingerprint density at radius 1 is 1.29 bits per heavy atom. The normalized spacial score (nSPS) is 16.0. The lowest BCUT2D eigenvalue weighted by atomic mass is 10.1. The van der Waals surface area contributed by atoms with Crippen molar-refractivity contribution in [3.05, 3.63) is 29.6 Å². The highest BCUT2D eigenvalue weighted by molar-refractivity contribution is 5.77. The van der Waals surface area contributed by atoms with Crippen molar-refractivity contribution in [3.63, 3.8) is 0 Å². The molecular weight excluding hydrogens is 273 g/mol. The van der Waals surface area contributed by atoms with Crippen molar-refractivity contribution in [3.8, 4) is 5.75 Å². The van der Waals surface area contributed by atoms with E-state index < -0.39 is 0 Å². The minimum Gasteiger partial charge on any atom is -0.484 e. The lowest BCUT2D eigenvalue weighted by molar-refractivity contribution is -0.134. The number of piperazine rings is 1. The zero-order valence-corrected chi connectivity index (χ0v) is 12.3. The van der Waals surface area contributed by atoms with Crippen molar-refractivity contribution in [1.82, 2.24) is 9.80 Å². The van der Waals surface area contributed by atoms with Crippen LogP contribution < -0.4 is 10.5 Å². The molecule has 0 unspecified atom stereocenters. The van der Waals surface area contributed by atoms with Gasteiger partial charge in [-0.3, -0.25) is 4.79 Å². The monoisotopic (exact) mass is 295 g/mol. The Labute approximate surface area is 124 Å². The molecule has 0 saturated carbocycles. The van der Waals surface area contributed by atoms with Crippen LogP contribution in [0.25, 0.3) is 0 Å². The fraction of sp³-hybridized carbons (Fsp3) is 0.533. The molecule has 116 valence electrons. The minimum absolute atomic E-state index is 0.0603. The van der Waals surface area contributed by atoms with Crippen molar-refractivity contribution >= 4 is 5.91 Å². The van der Waals surface area contributed by atoms with Crippen molar-refractivity contribution in [2.45, 2.75) is 6.42 Å². The number of rotatable bonds is 5. The summed E-state index contributed by atoms with van der Waals surface area (Å²) < 4.78 is 18.9. The van der Waals surface area contributed by atoms with Gasteiger partial charge in [-0.05, 0) is 37.7 Å². The standard InChI is InChI=1S/C15H22FN3O2/c1-18-4-6-19(7-5-18)15(20)11-21-14-9-12(2-3-17)8-13(16)10-14/h8-10H,2-7,11,17H2,1H3. The summed E-state index contributed by atoms with van der Waals surface area (Å²) in [6, 6.07) is 4.45. The molecule has 6 heteroatoms. The van der Waals surface area contributed by atoms with E-state index in [2.05, 4.69) is 4.90 Å². The Morgan fingerprint density at radius 3 is 2.67 bits per heavy atom. The summed E-state index contributed by atoms with van der Waals surface area (Å²) in [6.07, 6.45) is 0.584. The van der Waals surface area contributed by atoms with E-state index in [0.29, 0.717) is 31.8 Å². The molecule has 0 bridgehead atoms. The maximum atomic E-state index is 13.5. The molecule has 1 fully saturated rings. The van der Waals surface area contributed by atoms with Crippen LogP contribution in [0.3, 0.4) is 0 Å². The third-order valence-corrected chi connectivity index (χ3v) is 3.58. The lowest BCUT2D eigenvalue weighted by Gasteiger charge is -2.32. The second-order valence-corrected chi connectivity index (χ2v) is 5.31. The van der Waals surface area contributed by atoms with Crippen molar-refractivity contribution in [1.29, 1.82) is 0 Å². The number of amides is 1. The molecule has 1 aliphatic heterocycles. The summed E-state index contributed by atoms with van der Waals surface area (Å²) in [5.41, 5.74) is 6.24. The lowest BCUT2D eigenvalue weighted by Crippen LogP contribution is -2.48. The van der Waals surface area contributed by atoms with E-state index in [1.54, 1.807) is 11.0 Å². The second-order valence-electron chi connectivity index (χ2n) is 5.31. The highest BCUT2D eigenvalue weighted by atomic mass is 19.1. The average Bonchev–Trinajstić information content (AvgIpc) is 2.45. The average molecular weight is 295 g/mol. The number of nitrogens with two attached hydrogens (primary N) is 1. The Morgan fingerprint density at radius 2 is 2.00 bits per heavy atom. The first-order chi connectivity index (χ1) is 10.1. The quantitative estimate of drug-likeness (QED) is 0.858. The summed E-state index contributed by atoms with van der Waals surface area (Å²) in [5, 5.41) is 0. The Kier molecular flexibility index (Phi) is 5.52. The number of halogens is 1. The summed E-state index contributed by atoms with van der Waals surface area (Å²) in [6.45, 7) is 3.54. The van der Waals surface area contributed by atoms with Gasteiger partial charge in [0.2, 0.25) is 0 Å². The number of hydrogen-bond donors (Lipinski definition) is 1. The Balaban J connectivity index is 1.88. The van der Waals surface area contributed by atoms with Crippen LogP contribution in [0.15, 0.2) is 18.2 Å². The van der Waals surface area contributed by atoms with E-state index in [4.69, 9.17) is 10.5 Å². The maximum Gasteiger partial charge on any atom is 0.260 e. The van der Waals surface area contributed by atoms with Crippen LogP contribution >= 0.6 is 0 Å². The molecular formula is C15H22FN3O2. The molecule has 1 heterocycles. The molecule has 21 heavy (non-hydrogen) atoms. The molecule has 0 atom stereocenters. The van der Waals surface area contributed by atoms with Gasteiger partial charge in [0.1, 0.15) is 11.6 Å². The van der Waals surface area contributed by atoms with E-state index in [1.807, 2.05) is 7.05 Å². The highest BCUT2D eigenvalue weighted by Crippen LogP contribution is 2.17. The number of likely N-dealkylation sites (N-methyl/N-ethyl adjacent to an activating group) is 1. The SMILES string of the molecule is CN1CCN(C(=O)COc2cc(F)cc(CCN)c2)CC1. The van der Waals surface area contributed by atoms with Gasteiger partial charge in [-0.15, -0.1) is 0 Å². The van der Waals surface area contributed by atoms with Gasteiger partial charge < -0.3 is 20.3 Å². The molecule has 2 N–H and O–H groups in total. The van der Waals surface area contributed by atoms with Crippen LogP contribution in [-0.2, 0) is 11.2 Å². The molecule has 0 radical (unpaired) electrons. The van der Waals surface area contributed by atoms with Crippen molar-refractivity contribution in [2.75, 3.05) is 46.4 Å². The second kappa shape index (κ2) is 7.38. The van der Waals surface area contributed by atoms with Gasteiger partial charge in [0, 0.05) is 32.2 Å². The molecule has 0 spiro atoms. The highest BCUT2D eigenvalue weighted by Gasteiger charge is 2.19. The largest absolute Gasteiger partial charge is 0.484 e. The summed E-state index contributed by atoms with van der Waals surface area (Å²) in [4.78, 5) is 16.0. The molecule has 1 amide bonds. The van der Waals surface area contributed by atoms with Gasteiger partial charge in [0.15, 0.2) is 6.61 Å². The van der Waals surface area contributed by atoms with Crippen LogP contribution in [-0.4, -0.2) is 62.1 Å².